The van der Waals surface area contributed by atoms with Gasteiger partial charge in [0.2, 0.25) is 0 Å². The normalized spacial score (nSPS) is 16.3. The van der Waals surface area contributed by atoms with E-state index in [1.165, 1.54) is 98.1 Å². The summed E-state index contributed by atoms with van der Waals surface area (Å²) in [7, 11) is 0. The van der Waals surface area contributed by atoms with Crippen LogP contribution >= 0.6 is 11.8 Å². The van der Waals surface area contributed by atoms with Crippen LogP contribution in [-0.2, 0) is 0 Å². The Balaban J connectivity index is 1.08. The summed E-state index contributed by atoms with van der Waals surface area (Å²) < 4.78 is 0. The molecule has 0 amide bonds. The molecule has 9 aromatic carbocycles. The van der Waals surface area contributed by atoms with E-state index in [1.807, 2.05) is 11.8 Å². The number of hydrogen-bond donors (Lipinski definition) is 0. The van der Waals surface area contributed by atoms with Crippen LogP contribution in [0, 0.1) is 0 Å². The Morgan fingerprint density at radius 3 is 1.21 bits per heavy atom. The fourth-order valence-electron chi connectivity index (χ4n) is 9.22. The van der Waals surface area contributed by atoms with E-state index in [0.717, 1.165) is 0 Å². The lowest BCUT2D eigenvalue weighted by atomic mass is 9.79. The molecule has 0 fully saturated rings. The summed E-state index contributed by atoms with van der Waals surface area (Å²) in [5.74, 6) is 0.280. The van der Waals surface area contributed by atoms with Crippen LogP contribution in [0.5, 0.6) is 0 Å². The zero-order chi connectivity index (χ0) is 34.9. The fraction of sp³-hybridized carbons (Fsp3) is 0.0385. The molecule has 0 aromatic heterocycles. The third kappa shape index (κ3) is 4.71. The zero-order valence-electron chi connectivity index (χ0n) is 29.0. The van der Waals surface area contributed by atoms with Crippen molar-refractivity contribution in [2.24, 2.45) is 0 Å². The summed E-state index contributed by atoms with van der Waals surface area (Å²) in [5.41, 5.74) is 11.9. The van der Waals surface area contributed by atoms with Crippen molar-refractivity contribution in [3.8, 4) is 33.4 Å². The van der Waals surface area contributed by atoms with Crippen molar-refractivity contribution in [2.75, 3.05) is 0 Å². The topological polar surface area (TPSA) is 0 Å². The van der Waals surface area contributed by atoms with Gasteiger partial charge in [0, 0.05) is 16.1 Å². The Morgan fingerprint density at radius 1 is 0.358 bits per heavy atom. The zero-order valence-corrected chi connectivity index (χ0v) is 29.9. The number of rotatable bonds is 4. The highest BCUT2D eigenvalue weighted by molar-refractivity contribution is 8.00. The van der Waals surface area contributed by atoms with Gasteiger partial charge in [0.15, 0.2) is 0 Å². The molecule has 9 aromatic rings. The molecular formula is C52H34S. The van der Waals surface area contributed by atoms with Crippen molar-refractivity contribution in [2.45, 2.75) is 16.1 Å². The summed E-state index contributed by atoms with van der Waals surface area (Å²) in [6.07, 6.45) is 7.14. The van der Waals surface area contributed by atoms with Crippen LogP contribution < -0.4 is 0 Å². The third-order valence-electron chi connectivity index (χ3n) is 11.4. The molecule has 1 heterocycles. The summed E-state index contributed by atoms with van der Waals surface area (Å²) in [6.45, 7) is 0. The Kier molecular flexibility index (Phi) is 7.03. The molecule has 0 saturated carbocycles. The van der Waals surface area contributed by atoms with Gasteiger partial charge in [0.05, 0.1) is 0 Å². The molecular weight excluding hydrogens is 657 g/mol. The first-order chi connectivity index (χ1) is 26.3. The second kappa shape index (κ2) is 12.2. The van der Waals surface area contributed by atoms with Gasteiger partial charge in [0.25, 0.3) is 0 Å². The van der Waals surface area contributed by atoms with Crippen molar-refractivity contribution >= 4 is 60.4 Å². The lowest BCUT2D eigenvalue weighted by Gasteiger charge is -2.26. The maximum atomic E-state index is 2.51. The van der Waals surface area contributed by atoms with Gasteiger partial charge in [-0.05, 0) is 105 Å². The Labute approximate surface area is 313 Å². The van der Waals surface area contributed by atoms with Crippen LogP contribution in [0.25, 0.3) is 82.0 Å². The lowest BCUT2D eigenvalue weighted by Crippen LogP contribution is -2.14. The van der Waals surface area contributed by atoms with Gasteiger partial charge in [0.1, 0.15) is 0 Å². The van der Waals surface area contributed by atoms with Gasteiger partial charge in [-0.2, -0.15) is 0 Å². The minimum Gasteiger partial charge on any atom is -0.117 e. The summed E-state index contributed by atoms with van der Waals surface area (Å²) >= 11 is 2.03. The smallest absolute Gasteiger partial charge is 0.0454 e. The molecule has 2 atom stereocenters. The molecule has 2 aliphatic rings. The second-order valence-electron chi connectivity index (χ2n) is 14.2. The van der Waals surface area contributed by atoms with Gasteiger partial charge in [-0.25, -0.2) is 0 Å². The van der Waals surface area contributed by atoms with E-state index in [1.54, 1.807) is 0 Å². The minimum absolute atomic E-state index is 0.280. The lowest BCUT2D eigenvalue weighted by molar-refractivity contribution is 0.895. The molecule has 248 valence electrons. The van der Waals surface area contributed by atoms with Crippen LogP contribution in [0.2, 0.25) is 0 Å². The van der Waals surface area contributed by atoms with E-state index in [0.29, 0.717) is 0 Å². The number of thioether (sulfide) groups is 1. The predicted octanol–water partition coefficient (Wildman–Crippen LogP) is 14.5. The first-order valence-corrected chi connectivity index (χ1v) is 19.4. The molecule has 0 radical (unpaired) electrons. The largest absolute Gasteiger partial charge is 0.117 e. The molecule has 11 rings (SSSR count). The summed E-state index contributed by atoms with van der Waals surface area (Å²) in [5, 5.41) is 10.7. The standard InChI is InChI=1S/C52H34S/c1-3-16-33(17-4-1)48-36-20-7-9-22-38(36)50(39-23-10-8-21-37(39)48)35-30-31-47-46(32-35)44-28-15-29-45(52(44)53-47)51-42-26-13-11-24-40(42)49(34-18-5-2-6-19-34)41-25-12-14-27-43(41)51/h1-32,44,52H. The van der Waals surface area contributed by atoms with Crippen molar-refractivity contribution in [1.29, 1.82) is 0 Å². The van der Waals surface area contributed by atoms with Crippen LogP contribution in [0.3, 0.4) is 0 Å². The average molecular weight is 691 g/mol. The monoisotopic (exact) mass is 690 g/mol. The summed E-state index contributed by atoms with van der Waals surface area (Å²) in [4.78, 5) is 1.38. The van der Waals surface area contributed by atoms with E-state index in [-0.39, 0.29) is 11.2 Å². The van der Waals surface area contributed by atoms with E-state index < -0.39 is 0 Å². The molecule has 0 saturated heterocycles. The third-order valence-corrected chi connectivity index (χ3v) is 12.8. The average Bonchev–Trinajstić information content (AvgIpc) is 3.61. The molecule has 2 unspecified atom stereocenters. The summed E-state index contributed by atoms with van der Waals surface area (Å²) in [6, 6.07) is 65.0. The Bertz CT molecular complexity index is 2860. The second-order valence-corrected chi connectivity index (χ2v) is 15.4. The van der Waals surface area contributed by atoms with Crippen molar-refractivity contribution < 1.29 is 0 Å². The molecule has 0 nitrogen and oxygen atoms in total. The molecule has 0 bridgehead atoms. The first-order valence-electron chi connectivity index (χ1n) is 18.5. The predicted molar refractivity (Wildman–Crippen MR) is 229 cm³/mol. The van der Waals surface area contributed by atoms with Gasteiger partial charge in [-0.3, -0.25) is 0 Å². The number of fused-ring (bicyclic) bond motifs is 7. The molecule has 1 aliphatic heterocycles. The minimum atomic E-state index is 0.280. The Hall–Kier alpha value is -6.15. The van der Waals surface area contributed by atoms with Crippen LogP contribution in [0.15, 0.2) is 199 Å². The van der Waals surface area contributed by atoms with Crippen molar-refractivity contribution in [3.63, 3.8) is 0 Å². The quantitative estimate of drug-likeness (QED) is 0.166. The highest BCUT2D eigenvalue weighted by Gasteiger charge is 2.37. The number of allylic oxidation sites excluding steroid dienone is 3. The fourth-order valence-corrected chi connectivity index (χ4v) is 10.7. The Morgan fingerprint density at radius 2 is 0.755 bits per heavy atom. The molecule has 0 spiro atoms. The van der Waals surface area contributed by atoms with Crippen LogP contribution in [0.4, 0.5) is 0 Å². The van der Waals surface area contributed by atoms with E-state index in [2.05, 4.69) is 194 Å². The highest BCUT2D eigenvalue weighted by Crippen LogP contribution is 2.56. The van der Waals surface area contributed by atoms with Crippen LogP contribution in [0.1, 0.15) is 17.0 Å². The molecule has 1 heteroatoms. The van der Waals surface area contributed by atoms with E-state index >= 15 is 0 Å². The highest BCUT2D eigenvalue weighted by atomic mass is 32.2. The number of hydrogen-bond acceptors (Lipinski definition) is 1. The maximum Gasteiger partial charge on any atom is 0.0454 e. The van der Waals surface area contributed by atoms with Crippen molar-refractivity contribution in [3.05, 3.63) is 205 Å². The molecule has 1 aliphatic carbocycles. The SMILES string of the molecule is C1=CC2c3cc(-c4c5ccccc5c(-c5ccccc5)c5ccccc45)ccc3SC2C(c2c3ccccc3c(-c3ccccc3)c3ccccc23)=C1. The van der Waals surface area contributed by atoms with Gasteiger partial charge < -0.3 is 0 Å². The van der Waals surface area contributed by atoms with Gasteiger partial charge in [-0.1, -0.05) is 182 Å². The van der Waals surface area contributed by atoms with Crippen LogP contribution in [-0.4, -0.2) is 5.25 Å². The van der Waals surface area contributed by atoms with E-state index in [4.69, 9.17) is 0 Å². The van der Waals surface area contributed by atoms with Gasteiger partial charge in [-0.15, -0.1) is 11.8 Å². The van der Waals surface area contributed by atoms with Gasteiger partial charge >= 0.3 is 0 Å². The van der Waals surface area contributed by atoms with E-state index in [9.17, 15) is 0 Å². The maximum absolute atomic E-state index is 2.51. The first kappa shape index (κ1) is 30.5. The molecule has 0 N–H and O–H groups in total. The molecule has 53 heavy (non-hydrogen) atoms. The van der Waals surface area contributed by atoms with Crippen molar-refractivity contribution in [1.82, 2.24) is 0 Å². The number of benzene rings is 9.